The Hall–Kier alpha value is -2.81. The number of anilines is 1. The largest absolute Gasteiger partial charge is 0.322 e. The van der Waals surface area contributed by atoms with Crippen molar-refractivity contribution in [3.8, 4) is 6.07 Å². The summed E-state index contributed by atoms with van der Waals surface area (Å²) in [6, 6.07) is 7.15. The van der Waals surface area contributed by atoms with Crippen LogP contribution in [0.25, 0.3) is 0 Å². The maximum absolute atomic E-state index is 13.2. The van der Waals surface area contributed by atoms with Gasteiger partial charge in [-0.25, -0.2) is 4.39 Å². The second kappa shape index (κ2) is 5.45. The first-order valence-electron chi connectivity index (χ1n) is 5.83. The zero-order chi connectivity index (χ0) is 14.7. The van der Waals surface area contributed by atoms with Crippen LogP contribution in [0.2, 0.25) is 0 Å². The van der Waals surface area contributed by atoms with E-state index in [2.05, 4.69) is 15.5 Å². The third-order valence-electron chi connectivity index (χ3n) is 2.69. The number of carbonyl (C=O) groups is 1. The monoisotopic (exact) mass is 270 g/mol. The molecule has 1 amide bonds. The highest BCUT2D eigenvalue weighted by atomic mass is 19.1. The third-order valence-corrected chi connectivity index (χ3v) is 2.69. The van der Waals surface area contributed by atoms with Gasteiger partial charge < -0.3 is 5.32 Å². The highest BCUT2D eigenvalue weighted by molar-refractivity contribution is 6.05. The molecule has 1 heterocycles. The Morgan fingerprint density at radius 1 is 1.30 bits per heavy atom. The van der Waals surface area contributed by atoms with Crippen LogP contribution in [0.15, 0.2) is 24.3 Å². The number of carbonyl (C=O) groups excluding carboxylic acids is 1. The zero-order valence-corrected chi connectivity index (χ0v) is 10.9. The number of nitriles is 1. The summed E-state index contributed by atoms with van der Waals surface area (Å²) in [5, 5.41) is 19.1. The lowest BCUT2D eigenvalue weighted by atomic mass is 10.1. The molecule has 2 aromatic rings. The maximum atomic E-state index is 13.2. The maximum Gasteiger partial charge on any atom is 0.257 e. The molecule has 1 aromatic carbocycles. The van der Waals surface area contributed by atoms with Crippen LogP contribution >= 0.6 is 0 Å². The van der Waals surface area contributed by atoms with Gasteiger partial charge in [-0.15, -0.1) is 0 Å². The minimum Gasteiger partial charge on any atom is -0.322 e. The van der Waals surface area contributed by atoms with Gasteiger partial charge in [0.05, 0.1) is 22.5 Å². The van der Waals surface area contributed by atoms with Gasteiger partial charge in [-0.3, -0.25) is 4.79 Å². The van der Waals surface area contributed by atoms with Crippen LogP contribution in [0.1, 0.15) is 27.3 Å². The summed E-state index contributed by atoms with van der Waals surface area (Å²) in [6.45, 7) is 3.40. The molecule has 0 bridgehead atoms. The lowest BCUT2D eigenvalue weighted by Gasteiger charge is -2.07. The van der Waals surface area contributed by atoms with Crippen LogP contribution in [0.5, 0.6) is 0 Å². The Morgan fingerprint density at radius 2 is 2.05 bits per heavy atom. The molecule has 0 aliphatic heterocycles. The fraction of sp³-hybridized carbons (Fsp3) is 0.143. The predicted octanol–water partition coefficient (Wildman–Crippen LogP) is 2.36. The smallest absolute Gasteiger partial charge is 0.257 e. The topological polar surface area (TPSA) is 78.7 Å². The Labute approximate surface area is 115 Å². The zero-order valence-electron chi connectivity index (χ0n) is 10.9. The number of nitrogens with zero attached hydrogens (tertiary/aromatic N) is 3. The Balaban J connectivity index is 2.28. The molecule has 6 heteroatoms. The van der Waals surface area contributed by atoms with Gasteiger partial charge in [0.2, 0.25) is 0 Å². The molecule has 1 N–H and O–H groups in total. The van der Waals surface area contributed by atoms with Crippen molar-refractivity contribution < 1.29 is 9.18 Å². The molecule has 1 aromatic heterocycles. The average molecular weight is 270 g/mol. The van der Waals surface area contributed by atoms with Gasteiger partial charge in [-0.05, 0) is 38.1 Å². The standard InChI is InChI=1S/C14H11FN4O/c1-8-5-12(9(2)19-18-8)14(20)17-11-3-4-13(15)10(6-11)7-16/h3-6H,1-2H3,(H,17,20). The predicted molar refractivity (Wildman–Crippen MR) is 70.6 cm³/mol. The number of benzene rings is 1. The Bertz CT molecular complexity index is 722. The summed E-state index contributed by atoms with van der Waals surface area (Å²) < 4.78 is 13.2. The lowest BCUT2D eigenvalue weighted by molar-refractivity contribution is 0.102. The molecule has 0 spiro atoms. The molecule has 0 atom stereocenters. The average Bonchev–Trinajstić information content (AvgIpc) is 2.43. The van der Waals surface area contributed by atoms with Crippen LogP contribution in [0.3, 0.4) is 0 Å². The highest BCUT2D eigenvalue weighted by Gasteiger charge is 2.12. The number of hydrogen-bond acceptors (Lipinski definition) is 4. The number of hydrogen-bond donors (Lipinski definition) is 1. The molecule has 0 fully saturated rings. The first kappa shape index (κ1) is 13.6. The number of aryl methyl sites for hydroxylation is 2. The van der Waals surface area contributed by atoms with Crippen molar-refractivity contribution in [1.29, 1.82) is 5.26 Å². The molecular weight excluding hydrogens is 259 g/mol. The van der Waals surface area contributed by atoms with Gasteiger partial charge in [0, 0.05) is 5.69 Å². The van der Waals surface area contributed by atoms with Gasteiger partial charge in [-0.2, -0.15) is 15.5 Å². The third kappa shape index (κ3) is 2.78. The number of nitrogens with one attached hydrogen (secondary N) is 1. The van der Waals surface area contributed by atoms with E-state index in [1.807, 2.05) is 0 Å². The number of halogens is 1. The second-order valence-corrected chi connectivity index (χ2v) is 4.25. The van der Waals surface area contributed by atoms with E-state index in [0.29, 0.717) is 22.6 Å². The van der Waals surface area contributed by atoms with E-state index in [9.17, 15) is 9.18 Å². The SMILES string of the molecule is Cc1cc(C(=O)Nc2ccc(F)c(C#N)c2)c(C)nn1. The molecule has 2 rings (SSSR count). The number of aromatic nitrogens is 2. The van der Waals surface area contributed by atoms with Crippen molar-refractivity contribution in [2.75, 3.05) is 5.32 Å². The lowest BCUT2D eigenvalue weighted by Crippen LogP contribution is -2.15. The minimum atomic E-state index is -0.622. The van der Waals surface area contributed by atoms with Crippen molar-refractivity contribution in [1.82, 2.24) is 10.2 Å². The summed E-state index contributed by atoms with van der Waals surface area (Å²) in [7, 11) is 0. The first-order chi connectivity index (χ1) is 9.51. The van der Waals surface area contributed by atoms with Gasteiger partial charge in [0.1, 0.15) is 11.9 Å². The van der Waals surface area contributed by atoms with Crippen LogP contribution < -0.4 is 5.32 Å². The molecule has 5 nitrogen and oxygen atoms in total. The van der Waals surface area contributed by atoms with E-state index in [1.54, 1.807) is 26.0 Å². The van der Waals surface area contributed by atoms with Gasteiger partial charge in [0.25, 0.3) is 5.91 Å². The van der Waals surface area contributed by atoms with E-state index in [-0.39, 0.29) is 11.5 Å². The highest BCUT2D eigenvalue weighted by Crippen LogP contribution is 2.15. The molecule has 20 heavy (non-hydrogen) atoms. The van der Waals surface area contributed by atoms with E-state index in [1.165, 1.54) is 12.1 Å². The van der Waals surface area contributed by atoms with Crippen LogP contribution in [-0.2, 0) is 0 Å². The quantitative estimate of drug-likeness (QED) is 0.908. The fourth-order valence-corrected chi connectivity index (χ4v) is 1.67. The molecule has 0 unspecified atom stereocenters. The summed E-state index contributed by atoms with van der Waals surface area (Å²) >= 11 is 0. The number of rotatable bonds is 2. The second-order valence-electron chi connectivity index (χ2n) is 4.25. The van der Waals surface area contributed by atoms with Crippen molar-refractivity contribution in [3.05, 3.63) is 52.6 Å². The number of amides is 1. The van der Waals surface area contributed by atoms with Crippen molar-refractivity contribution in [3.63, 3.8) is 0 Å². The summed E-state index contributed by atoms with van der Waals surface area (Å²) in [6.07, 6.45) is 0. The summed E-state index contributed by atoms with van der Waals surface area (Å²) in [4.78, 5) is 12.1. The molecule has 100 valence electrons. The van der Waals surface area contributed by atoms with E-state index < -0.39 is 5.82 Å². The van der Waals surface area contributed by atoms with E-state index >= 15 is 0 Å². The fourth-order valence-electron chi connectivity index (χ4n) is 1.67. The molecular formula is C14H11FN4O. The van der Waals surface area contributed by atoms with E-state index in [0.717, 1.165) is 6.07 Å². The van der Waals surface area contributed by atoms with Gasteiger partial charge in [-0.1, -0.05) is 0 Å². The first-order valence-corrected chi connectivity index (χ1v) is 5.83. The minimum absolute atomic E-state index is 0.122. The molecule has 0 radical (unpaired) electrons. The summed E-state index contributed by atoms with van der Waals surface area (Å²) in [5.41, 5.74) is 1.74. The Morgan fingerprint density at radius 3 is 2.75 bits per heavy atom. The summed E-state index contributed by atoms with van der Waals surface area (Å²) in [5.74, 6) is -1.00. The molecule has 0 aliphatic rings. The van der Waals surface area contributed by atoms with Crippen molar-refractivity contribution in [2.45, 2.75) is 13.8 Å². The van der Waals surface area contributed by atoms with Gasteiger partial charge >= 0.3 is 0 Å². The van der Waals surface area contributed by atoms with Crippen LogP contribution in [-0.4, -0.2) is 16.1 Å². The van der Waals surface area contributed by atoms with Crippen LogP contribution in [0, 0.1) is 31.0 Å². The van der Waals surface area contributed by atoms with E-state index in [4.69, 9.17) is 5.26 Å². The normalized spacial score (nSPS) is 9.90. The Kier molecular flexibility index (Phi) is 3.71. The molecule has 0 aliphatic carbocycles. The molecule has 0 saturated heterocycles. The van der Waals surface area contributed by atoms with Crippen LogP contribution in [0.4, 0.5) is 10.1 Å². The van der Waals surface area contributed by atoms with Crippen molar-refractivity contribution in [2.24, 2.45) is 0 Å². The van der Waals surface area contributed by atoms with Crippen molar-refractivity contribution >= 4 is 11.6 Å². The molecule has 0 saturated carbocycles. The van der Waals surface area contributed by atoms with Gasteiger partial charge in [0.15, 0.2) is 0 Å².